The van der Waals surface area contributed by atoms with Crippen molar-refractivity contribution in [2.75, 3.05) is 19.8 Å². The van der Waals surface area contributed by atoms with Gasteiger partial charge >= 0.3 is 0 Å². The summed E-state index contributed by atoms with van der Waals surface area (Å²) in [6.45, 7) is 9.98. The summed E-state index contributed by atoms with van der Waals surface area (Å²) in [5, 5.41) is 3.62. The van der Waals surface area contributed by atoms with E-state index in [4.69, 9.17) is 4.74 Å². The molecule has 1 saturated heterocycles. The van der Waals surface area contributed by atoms with E-state index in [-0.39, 0.29) is 0 Å². The molecule has 0 aromatic heterocycles. The first-order chi connectivity index (χ1) is 7.20. The quantitative estimate of drug-likeness (QED) is 0.657. The van der Waals surface area contributed by atoms with Crippen LogP contribution >= 0.6 is 0 Å². The van der Waals surface area contributed by atoms with Gasteiger partial charge in [0.2, 0.25) is 0 Å². The topological polar surface area (TPSA) is 21.3 Å². The first-order valence-electron chi connectivity index (χ1n) is 6.51. The van der Waals surface area contributed by atoms with Gasteiger partial charge in [0.15, 0.2) is 0 Å². The molecule has 2 heteroatoms. The molecule has 2 nitrogen and oxygen atoms in total. The molecular formula is C13H27NO. The molecule has 1 aliphatic heterocycles. The molecule has 2 atom stereocenters. The number of hydrogen-bond acceptors (Lipinski definition) is 2. The minimum absolute atomic E-state index is 0.631. The SMILES string of the molecule is CC(C)CCCCNC(C)C1CCOC1. The highest BCUT2D eigenvalue weighted by Gasteiger charge is 2.21. The van der Waals surface area contributed by atoms with Crippen LogP contribution in [-0.4, -0.2) is 25.8 Å². The van der Waals surface area contributed by atoms with Gasteiger partial charge in [-0.25, -0.2) is 0 Å². The summed E-state index contributed by atoms with van der Waals surface area (Å²) in [5.74, 6) is 1.60. The number of nitrogens with one attached hydrogen (secondary N) is 1. The highest BCUT2D eigenvalue weighted by atomic mass is 16.5. The Morgan fingerprint density at radius 1 is 1.27 bits per heavy atom. The molecule has 0 radical (unpaired) electrons. The first kappa shape index (κ1) is 13.0. The molecule has 0 spiro atoms. The van der Waals surface area contributed by atoms with Crippen molar-refractivity contribution >= 4 is 0 Å². The molecule has 0 aromatic carbocycles. The Balaban J connectivity index is 1.94. The van der Waals surface area contributed by atoms with Crippen LogP contribution in [0.25, 0.3) is 0 Å². The van der Waals surface area contributed by atoms with Crippen LogP contribution in [0.3, 0.4) is 0 Å². The fraction of sp³-hybridized carbons (Fsp3) is 1.00. The van der Waals surface area contributed by atoms with Gasteiger partial charge in [0.25, 0.3) is 0 Å². The predicted octanol–water partition coefficient (Wildman–Crippen LogP) is 2.83. The van der Waals surface area contributed by atoms with E-state index in [1.807, 2.05) is 0 Å². The van der Waals surface area contributed by atoms with Gasteiger partial charge in [-0.3, -0.25) is 0 Å². The lowest BCUT2D eigenvalue weighted by Crippen LogP contribution is -2.34. The van der Waals surface area contributed by atoms with Gasteiger partial charge in [0, 0.05) is 12.6 Å². The van der Waals surface area contributed by atoms with Crippen molar-refractivity contribution in [2.24, 2.45) is 11.8 Å². The van der Waals surface area contributed by atoms with Gasteiger partial charge in [-0.05, 0) is 38.1 Å². The van der Waals surface area contributed by atoms with Crippen molar-refractivity contribution in [2.45, 2.75) is 52.5 Å². The average molecular weight is 213 g/mol. The standard InChI is InChI=1S/C13H27NO/c1-11(2)6-4-5-8-14-12(3)13-7-9-15-10-13/h11-14H,4-10H2,1-3H3. The third-order valence-corrected chi connectivity index (χ3v) is 3.35. The van der Waals surface area contributed by atoms with E-state index >= 15 is 0 Å². The second-order valence-corrected chi connectivity index (χ2v) is 5.26. The summed E-state index contributed by atoms with van der Waals surface area (Å²) in [6, 6.07) is 0.631. The fourth-order valence-corrected chi connectivity index (χ4v) is 2.12. The summed E-state index contributed by atoms with van der Waals surface area (Å²) >= 11 is 0. The molecule has 1 aliphatic rings. The highest BCUT2D eigenvalue weighted by molar-refractivity contribution is 4.75. The normalized spacial score (nSPS) is 23.6. The Morgan fingerprint density at radius 2 is 2.07 bits per heavy atom. The maximum Gasteiger partial charge on any atom is 0.0509 e. The Hall–Kier alpha value is -0.0800. The number of unbranched alkanes of at least 4 members (excludes halogenated alkanes) is 1. The lowest BCUT2D eigenvalue weighted by Gasteiger charge is -2.19. The summed E-state index contributed by atoms with van der Waals surface area (Å²) in [5.41, 5.74) is 0. The number of rotatable bonds is 7. The fourth-order valence-electron chi connectivity index (χ4n) is 2.12. The van der Waals surface area contributed by atoms with Crippen LogP contribution in [0, 0.1) is 11.8 Å². The highest BCUT2D eigenvalue weighted by Crippen LogP contribution is 2.16. The zero-order valence-corrected chi connectivity index (χ0v) is 10.6. The molecule has 0 bridgehead atoms. The van der Waals surface area contributed by atoms with Crippen LogP contribution in [0.1, 0.15) is 46.5 Å². The van der Waals surface area contributed by atoms with E-state index in [9.17, 15) is 0 Å². The molecule has 2 unspecified atom stereocenters. The summed E-state index contributed by atoms with van der Waals surface area (Å²) < 4.78 is 5.40. The van der Waals surface area contributed by atoms with Crippen molar-refractivity contribution in [3.05, 3.63) is 0 Å². The molecule has 90 valence electrons. The minimum Gasteiger partial charge on any atom is -0.381 e. The average Bonchev–Trinajstić information content (AvgIpc) is 2.69. The Labute approximate surface area is 94.8 Å². The van der Waals surface area contributed by atoms with Gasteiger partial charge in [0.1, 0.15) is 0 Å². The third-order valence-electron chi connectivity index (χ3n) is 3.35. The zero-order chi connectivity index (χ0) is 11.1. The molecule has 15 heavy (non-hydrogen) atoms. The van der Waals surface area contributed by atoms with Gasteiger partial charge in [-0.1, -0.05) is 26.7 Å². The lowest BCUT2D eigenvalue weighted by molar-refractivity contribution is 0.178. The van der Waals surface area contributed by atoms with E-state index in [0.29, 0.717) is 6.04 Å². The maximum atomic E-state index is 5.40. The second-order valence-electron chi connectivity index (χ2n) is 5.26. The van der Waals surface area contributed by atoms with Crippen LogP contribution in [0.4, 0.5) is 0 Å². The van der Waals surface area contributed by atoms with Gasteiger partial charge in [-0.2, -0.15) is 0 Å². The van der Waals surface area contributed by atoms with Crippen molar-refractivity contribution in [3.63, 3.8) is 0 Å². The predicted molar refractivity (Wildman–Crippen MR) is 65.1 cm³/mol. The maximum absolute atomic E-state index is 5.40. The van der Waals surface area contributed by atoms with Gasteiger partial charge < -0.3 is 10.1 Å². The Kier molecular flexibility index (Phi) is 6.26. The molecule has 0 saturated carbocycles. The monoisotopic (exact) mass is 213 g/mol. The van der Waals surface area contributed by atoms with Crippen molar-refractivity contribution < 1.29 is 4.74 Å². The zero-order valence-electron chi connectivity index (χ0n) is 10.6. The summed E-state index contributed by atoms with van der Waals surface area (Å²) in [6.07, 6.45) is 5.28. The molecule has 1 N–H and O–H groups in total. The van der Waals surface area contributed by atoms with E-state index in [0.717, 1.165) is 25.0 Å². The van der Waals surface area contributed by atoms with Crippen molar-refractivity contribution in [1.29, 1.82) is 0 Å². The van der Waals surface area contributed by atoms with Crippen molar-refractivity contribution in [1.82, 2.24) is 5.32 Å². The summed E-state index contributed by atoms with van der Waals surface area (Å²) in [4.78, 5) is 0. The van der Waals surface area contributed by atoms with Crippen LogP contribution < -0.4 is 5.32 Å². The third kappa shape index (κ3) is 5.53. The van der Waals surface area contributed by atoms with E-state index in [2.05, 4.69) is 26.1 Å². The molecule has 1 rings (SSSR count). The van der Waals surface area contributed by atoms with Gasteiger partial charge in [0.05, 0.1) is 6.61 Å². The second kappa shape index (κ2) is 7.24. The minimum atomic E-state index is 0.631. The van der Waals surface area contributed by atoms with Crippen LogP contribution in [-0.2, 0) is 4.74 Å². The molecule has 1 fully saturated rings. The van der Waals surface area contributed by atoms with E-state index in [1.165, 1.54) is 32.2 Å². The number of hydrogen-bond donors (Lipinski definition) is 1. The Bertz CT molecular complexity index is 153. The molecular weight excluding hydrogens is 186 g/mol. The lowest BCUT2D eigenvalue weighted by atomic mass is 10.0. The molecule has 0 aliphatic carbocycles. The molecule has 0 aromatic rings. The molecule has 0 amide bonds. The van der Waals surface area contributed by atoms with E-state index in [1.54, 1.807) is 0 Å². The van der Waals surface area contributed by atoms with Crippen molar-refractivity contribution in [3.8, 4) is 0 Å². The number of ether oxygens (including phenoxy) is 1. The van der Waals surface area contributed by atoms with Crippen LogP contribution in [0.2, 0.25) is 0 Å². The first-order valence-corrected chi connectivity index (χ1v) is 6.51. The van der Waals surface area contributed by atoms with Crippen LogP contribution in [0.5, 0.6) is 0 Å². The van der Waals surface area contributed by atoms with Gasteiger partial charge in [-0.15, -0.1) is 0 Å². The Morgan fingerprint density at radius 3 is 2.67 bits per heavy atom. The summed E-state index contributed by atoms with van der Waals surface area (Å²) in [7, 11) is 0. The van der Waals surface area contributed by atoms with E-state index < -0.39 is 0 Å². The smallest absolute Gasteiger partial charge is 0.0509 e. The largest absolute Gasteiger partial charge is 0.381 e. The molecule has 1 heterocycles. The van der Waals surface area contributed by atoms with Crippen LogP contribution in [0.15, 0.2) is 0 Å².